The number of hydrogen-bond donors (Lipinski definition) is 1. The van der Waals surface area contributed by atoms with Crippen LogP contribution < -0.4 is 5.32 Å². The van der Waals surface area contributed by atoms with E-state index in [9.17, 15) is 4.79 Å². The zero-order valence-corrected chi connectivity index (χ0v) is 13.3. The highest BCUT2D eigenvalue weighted by Crippen LogP contribution is 2.29. The summed E-state index contributed by atoms with van der Waals surface area (Å²) in [7, 11) is 1.95. The number of carbonyl (C=O) groups is 1. The van der Waals surface area contributed by atoms with Crippen LogP contribution in [0.5, 0.6) is 0 Å². The van der Waals surface area contributed by atoms with Gasteiger partial charge >= 0.3 is 0 Å². The van der Waals surface area contributed by atoms with Gasteiger partial charge in [0.25, 0.3) is 5.91 Å². The topological polar surface area (TPSA) is 32.3 Å². The average Bonchev–Trinajstić information content (AvgIpc) is 3.00. The van der Waals surface area contributed by atoms with Gasteiger partial charge in [-0.2, -0.15) is 0 Å². The van der Waals surface area contributed by atoms with E-state index in [0.717, 1.165) is 23.7 Å². The zero-order chi connectivity index (χ0) is 15.5. The number of hydrogen-bond acceptors (Lipinski definition) is 2. The van der Waals surface area contributed by atoms with E-state index in [1.165, 1.54) is 5.56 Å². The summed E-state index contributed by atoms with van der Waals surface area (Å²) in [4.78, 5) is 14.5. The third-order valence-corrected chi connectivity index (χ3v) is 4.55. The minimum Gasteiger partial charge on any atom is -0.336 e. The van der Waals surface area contributed by atoms with E-state index in [1.54, 1.807) is 0 Å². The molecule has 1 unspecified atom stereocenters. The predicted octanol–water partition coefficient (Wildman–Crippen LogP) is 3.17. The summed E-state index contributed by atoms with van der Waals surface area (Å²) >= 11 is 5.97. The van der Waals surface area contributed by atoms with E-state index in [2.05, 4.69) is 5.32 Å². The van der Waals surface area contributed by atoms with Crippen molar-refractivity contribution in [2.24, 2.45) is 0 Å². The first kappa shape index (κ1) is 15.1. The molecule has 0 spiro atoms. The number of likely N-dealkylation sites (tertiary alicyclic amines) is 1. The van der Waals surface area contributed by atoms with Gasteiger partial charge in [-0.15, -0.1) is 0 Å². The minimum absolute atomic E-state index is 0.0947. The molecule has 4 heteroatoms. The molecule has 2 atom stereocenters. The third kappa shape index (κ3) is 3.01. The Morgan fingerprint density at radius 2 is 1.77 bits per heavy atom. The van der Waals surface area contributed by atoms with Crippen molar-refractivity contribution in [3.8, 4) is 0 Å². The number of amides is 1. The summed E-state index contributed by atoms with van der Waals surface area (Å²) in [5, 5.41) is 4.07. The summed E-state index contributed by atoms with van der Waals surface area (Å²) in [6, 6.07) is 17.6. The molecule has 114 valence electrons. The molecule has 3 nitrogen and oxygen atoms in total. The summed E-state index contributed by atoms with van der Waals surface area (Å²) in [6.45, 7) is 1.44. The number of halogens is 1. The molecule has 0 saturated carbocycles. The number of nitrogens with zero attached hydrogens (tertiary/aromatic N) is 1. The fourth-order valence-electron chi connectivity index (χ4n) is 3.07. The van der Waals surface area contributed by atoms with E-state index in [4.69, 9.17) is 11.6 Å². The molecule has 0 bridgehead atoms. The van der Waals surface area contributed by atoms with Crippen LogP contribution in [0.1, 0.15) is 21.8 Å². The predicted molar refractivity (Wildman–Crippen MR) is 89.4 cm³/mol. The fourth-order valence-corrected chi connectivity index (χ4v) is 3.20. The highest BCUT2D eigenvalue weighted by molar-refractivity contribution is 6.30. The van der Waals surface area contributed by atoms with Crippen molar-refractivity contribution >= 4 is 17.5 Å². The second-order valence-electron chi connectivity index (χ2n) is 5.63. The van der Waals surface area contributed by atoms with Crippen LogP contribution in [0.4, 0.5) is 0 Å². The normalized spacial score (nSPS) is 21.1. The van der Waals surface area contributed by atoms with E-state index in [1.807, 2.05) is 66.5 Å². The second kappa shape index (κ2) is 6.51. The van der Waals surface area contributed by atoms with E-state index >= 15 is 0 Å². The molecule has 1 aliphatic rings. The molecule has 1 fully saturated rings. The van der Waals surface area contributed by atoms with E-state index in [0.29, 0.717) is 0 Å². The Morgan fingerprint density at radius 3 is 2.41 bits per heavy atom. The summed E-state index contributed by atoms with van der Waals surface area (Å²) < 4.78 is 0. The third-order valence-electron chi connectivity index (χ3n) is 4.30. The second-order valence-corrected chi connectivity index (χ2v) is 6.07. The summed E-state index contributed by atoms with van der Waals surface area (Å²) in [5.41, 5.74) is 1.96. The molecule has 1 heterocycles. The highest BCUT2D eigenvalue weighted by atomic mass is 35.5. The molecular weight excluding hydrogens is 296 g/mol. The Hall–Kier alpha value is -1.84. The summed E-state index contributed by atoms with van der Waals surface area (Å²) in [6.07, 6.45) is 0. The maximum atomic E-state index is 12.6. The first-order chi connectivity index (χ1) is 10.7. The maximum absolute atomic E-state index is 12.6. The van der Waals surface area contributed by atoms with Crippen LogP contribution in [0.2, 0.25) is 5.02 Å². The number of benzene rings is 2. The molecule has 2 aromatic rings. The van der Waals surface area contributed by atoms with Gasteiger partial charge in [-0.05, 0) is 36.9 Å². The van der Waals surface area contributed by atoms with Crippen molar-refractivity contribution in [1.82, 2.24) is 10.2 Å². The van der Waals surface area contributed by atoms with E-state index in [-0.39, 0.29) is 17.9 Å². The van der Waals surface area contributed by atoms with Crippen LogP contribution in [0.25, 0.3) is 0 Å². The lowest BCUT2D eigenvalue weighted by molar-refractivity contribution is 0.0788. The van der Waals surface area contributed by atoms with Gasteiger partial charge in [0.05, 0.1) is 0 Å². The Labute approximate surface area is 135 Å². The number of carbonyl (C=O) groups excluding carboxylic acids is 1. The van der Waals surface area contributed by atoms with Crippen LogP contribution >= 0.6 is 11.6 Å². The van der Waals surface area contributed by atoms with Crippen molar-refractivity contribution in [2.45, 2.75) is 12.0 Å². The SMILES string of the molecule is CNC1CN(C(=O)c2ccccc2)C[C@@H]1c1ccc(Cl)cc1. The Kier molecular flexibility index (Phi) is 4.46. The Balaban J connectivity index is 1.80. The minimum atomic E-state index is 0.0947. The van der Waals surface area contributed by atoms with Crippen molar-refractivity contribution < 1.29 is 4.79 Å². The van der Waals surface area contributed by atoms with Gasteiger partial charge < -0.3 is 10.2 Å². The lowest BCUT2D eigenvalue weighted by atomic mass is 9.94. The molecule has 2 aromatic carbocycles. The van der Waals surface area contributed by atoms with Crippen molar-refractivity contribution in [1.29, 1.82) is 0 Å². The quantitative estimate of drug-likeness (QED) is 0.944. The average molecular weight is 315 g/mol. The molecule has 1 saturated heterocycles. The van der Waals surface area contributed by atoms with Gasteiger partial charge in [0, 0.05) is 35.6 Å². The highest BCUT2D eigenvalue weighted by Gasteiger charge is 2.35. The van der Waals surface area contributed by atoms with Gasteiger partial charge in [0.1, 0.15) is 0 Å². The first-order valence-corrected chi connectivity index (χ1v) is 7.84. The molecule has 0 aromatic heterocycles. The molecule has 1 N–H and O–H groups in total. The molecule has 1 amide bonds. The number of rotatable bonds is 3. The molecular formula is C18H19ClN2O. The Morgan fingerprint density at radius 1 is 1.09 bits per heavy atom. The molecule has 3 rings (SSSR count). The fraction of sp³-hybridized carbons (Fsp3) is 0.278. The van der Waals surface area contributed by atoms with Gasteiger partial charge in [-0.3, -0.25) is 4.79 Å². The maximum Gasteiger partial charge on any atom is 0.253 e. The number of nitrogens with one attached hydrogen (secondary N) is 1. The van der Waals surface area contributed by atoms with Gasteiger partial charge in [-0.25, -0.2) is 0 Å². The van der Waals surface area contributed by atoms with Crippen LogP contribution in [0.3, 0.4) is 0 Å². The molecule has 22 heavy (non-hydrogen) atoms. The van der Waals surface area contributed by atoms with Gasteiger partial charge in [-0.1, -0.05) is 41.9 Å². The molecule has 1 aliphatic heterocycles. The lowest BCUT2D eigenvalue weighted by Crippen LogP contribution is -2.34. The van der Waals surface area contributed by atoms with Crippen LogP contribution in [0, 0.1) is 0 Å². The lowest BCUT2D eigenvalue weighted by Gasteiger charge is -2.17. The zero-order valence-electron chi connectivity index (χ0n) is 12.5. The van der Waals surface area contributed by atoms with Crippen molar-refractivity contribution in [3.63, 3.8) is 0 Å². The van der Waals surface area contributed by atoms with Crippen molar-refractivity contribution in [2.75, 3.05) is 20.1 Å². The van der Waals surface area contributed by atoms with Crippen LogP contribution in [0.15, 0.2) is 54.6 Å². The summed E-state index contributed by atoms with van der Waals surface area (Å²) in [5.74, 6) is 0.382. The monoisotopic (exact) mass is 314 g/mol. The van der Waals surface area contributed by atoms with Gasteiger partial charge in [0.2, 0.25) is 0 Å². The number of likely N-dealkylation sites (N-methyl/N-ethyl adjacent to an activating group) is 1. The van der Waals surface area contributed by atoms with Gasteiger partial charge in [0.15, 0.2) is 0 Å². The molecule has 0 radical (unpaired) electrons. The molecule has 0 aliphatic carbocycles. The van der Waals surface area contributed by atoms with Crippen molar-refractivity contribution in [3.05, 3.63) is 70.7 Å². The van der Waals surface area contributed by atoms with Crippen LogP contribution in [-0.4, -0.2) is 37.0 Å². The van der Waals surface area contributed by atoms with Crippen LogP contribution in [-0.2, 0) is 0 Å². The smallest absolute Gasteiger partial charge is 0.253 e. The largest absolute Gasteiger partial charge is 0.336 e. The van der Waals surface area contributed by atoms with E-state index < -0.39 is 0 Å². The standard InChI is InChI=1S/C18H19ClN2O/c1-20-17-12-21(18(22)14-5-3-2-4-6-14)11-16(17)13-7-9-15(19)10-8-13/h2-10,16-17,20H,11-12H2,1H3/t16-,17?/m1/s1. The first-order valence-electron chi connectivity index (χ1n) is 7.46. The Bertz CT molecular complexity index is 642.